The number of non-ortho nitro benzene ring substituents is 1. The number of nitrogens with one attached hydrogen (secondary N) is 1. The molecule has 0 atom stereocenters. The van der Waals surface area contributed by atoms with E-state index in [4.69, 9.17) is 5.11 Å². The summed E-state index contributed by atoms with van der Waals surface area (Å²) >= 11 is 0. The molecule has 6 heteroatoms. The van der Waals surface area contributed by atoms with Crippen molar-refractivity contribution in [3.63, 3.8) is 0 Å². The number of aromatic hydroxyl groups is 1. The Kier molecular flexibility index (Phi) is 4.92. The van der Waals surface area contributed by atoms with Crippen molar-refractivity contribution in [3.8, 4) is 5.75 Å². The Labute approximate surface area is 117 Å². The van der Waals surface area contributed by atoms with Crippen LogP contribution < -0.4 is 5.32 Å². The van der Waals surface area contributed by atoms with E-state index in [2.05, 4.69) is 5.32 Å². The molecule has 0 amide bonds. The van der Waals surface area contributed by atoms with Gasteiger partial charge >= 0.3 is 0 Å². The van der Waals surface area contributed by atoms with E-state index in [0.717, 1.165) is 25.7 Å². The van der Waals surface area contributed by atoms with Crippen molar-refractivity contribution in [1.29, 1.82) is 0 Å². The third kappa shape index (κ3) is 3.68. The second-order valence-electron chi connectivity index (χ2n) is 5.35. The molecule has 1 aromatic carbocycles. The van der Waals surface area contributed by atoms with Crippen LogP contribution in [0.25, 0.3) is 0 Å². The lowest BCUT2D eigenvalue weighted by Gasteiger charge is -2.28. The van der Waals surface area contributed by atoms with E-state index in [9.17, 15) is 15.2 Å². The average molecular weight is 280 g/mol. The molecule has 0 spiro atoms. The van der Waals surface area contributed by atoms with Gasteiger partial charge in [-0.2, -0.15) is 0 Å². The van der Waals surface area contributed by atoms with Gasteiger partial charge in [-0.3, -0.25) is 10.1 Å². The molecule has 0 unspecified atom stereocenters. The van der Waals surface area contributed by atoms with Gasteiger partial charge in [-0.15, -0.1) is 0 Å². The highest BCUT2D eigenvalue weighted by Gasteiger charge is 2.20. The Morgan fingerprint density at radius 3 is 2.60 bits per heavy atom. The molecule has 1 aliphatic carbocycles. The normalized spacial score (nSPS) is 22.6. The summed E-state index contributed by atoms with van der Waals surface area (Å²) in [6, 6.07) is 4.40. The molecule has 0 aromatic heterocycles. The molecule has 0 saturated heterocycles. The quantitative estimate of drug-likeness (QED) is 0.566. The number of aliphatic hydroxyl groups excluding tert-OH is 1. The van der Waals surface area contributed by atoms with Gasteiger partial charge in [0, 0.05) is 36.9 Å². The summed E-state index contributed by atoms with van der Waals surface area (Å²) in [4.78, 5) is 10.3. The monoisotopic (exact) mass is 280 g/mol. The van der Waals surface area contributed by atoms with Gasteiger partial charge in [-0.05, 0) is 37.7 Å². The number of phenols is 1. The van der Waals surface area contributed by atoms with Gasteiger partial charge in [0.2, 0.25) is 0 Å². The van der Waals surface area contributed by atoms with Gasteiger partial charge in [0.1, 0.15) is 5.75 Å². The third-order valence-corrected chi connectivity index (χ3v) is 3.96. The molecular formula is C14H20N2O4. The number of aliphatic hydroxyl groups is 1. The smallest absolute Gasteiger partial charge is 0.270 e. The highest BCUT2D eigenvalue weighted by Crippen LogP contribution is 2.26. The standard InChI is InChI=1S/C14H20N2O4/c17-9-10-1-3-12(4-2-10)15-8-11-7-13(16(19)20)5-6-14(11)18/h5-7,10,12,15,17-18H,1-4,8-9H2. The molecule has 0 bridgehead atoms. The van der Waals surface area contributed by atoms with E-state index < -0.39 is 4.92 Å². The Morgan fingerprint density at radius 2 is 2.00 bits per heavy atom. The second kappa shape index (κ2) is 6.67. The van der Waals surface area contributed by atoms with Crippen molar-refractivity contribution in [2.75, 3.05) is 6.61 Å². The topological polar surface area (TPSA) is 95.6 Å². The van der Waals surface area contributed by atoms with Crippen molar-refractivity contribution in [2.24, 2.45) is 5.92 Å². The molecule has 20 heavy (non-hydrogen) atoms. The number of rotatable bonds is 5. The molecule has 110 valence electrons. The zero-order valence-corrected chi connectivity index (χ0v) is 11.3. The van der Waals surface area contributed by atoms with Crippen molar-refractivity contribution in [1.82, 2.24) is 5.32 Å². The molecular weight excluding hydrogens is 260 g/mol. The summed E-state index contributed by atoms with van der Waals surface area (Å²) < 4.78 is 0. The lowest BCUT2D eigenvalue weighted by atomic mass is 9.86. The predicted octanol–water partition coefficient (Wildman–Crippen LogP) is 1.94. The molecule has 2 rings (SSSR count). The molecule has 6 nitrogen and oxygen atoms in total. The van der Waals surface area contributed by atoms with Crippen LogP contribution in [-0.4, -0.2) is 27.8 Å². The Balaban J connectivity index is 1.91. The lowest BCUT2D eigenvalue weighted by molar-refractivity contribution is -0.384. The Bertz CT molecular complexity index is 470. The number of hydrogen-bond acceptors (Lipinski definition) is 5. The maximum Gasteiger partial charge on any atom is 0.270 e. The largest absolute Gasteiger partial charge is 0.508 e. The van der Waals surface area contributed by atoms with Gasteiger partial charge in [0.05, 0.1) is 4.92 Å². The first kappa shape index (κ1) is 14.7. The molecule has 0 aliphatic heterocycles. The highest BCUT2D eigenvalue weighted by molar-refractivity contribution is 5.42. The first-order valence-corrected chi connectivity index (χ1v) is 6.90. The second-order valence-corrected chi connectivity index (χ2v) is 5.35. The Morgan fingerprint density at radius 1 is 1.30 bits per heavy atom. The summed E-state index contributed by atoms with van der Waals surface area (Å²) in [5.41, 5.74) is 0.534. The van der Waals surface area contributed by atoms with Crippen molar-refractivity contribution < 1.29 is 15.1 Å². The fourth-order valence-corrected chi connectivity index (χ4v) is 2.63. The molecule has 0 radical (unpaired) electrons. The summed E-state index contributed by atoms with van der Waals surface area (Å²) in [5, 5.41) is 32.9. The number of nitro benzene ring substituents is 1. The molecule has 1 saturated carbocycles. The minimum atomic E-state index is -0.463. The maximum absolute atomic E-state index is 10.7. The van der Waals surface area contributed by atoms with Gasteiger partial charge in [-0.25, -0.2) is 0 Å². The van der Waals surface area contributed by atoms with Gasteiger partial charge in [0.25, 0.3) is 5.69 Å². The fraction of sp³-hybridized carbons (Fsp3) is 0.571. The van der Waals surface area contributed by atoms with Crippen molar-refractivity contribution >= 4 is 5.69 Å². The molecule has 1 fully saturated rings. The molecule has 0 heterocycles. The van der Waals surface area contributed by atoms with E-state index in [1.54, 1.807) is 0 Å². The SMILES string of the molecule is O=[N+]([O-])c1ccc(O)c(CNC2CCC(CO)CC2)c1. The minimum Gasteiger partial charge on any atom is -0.508 e. The number of hydrogen-bond donors (Lipinski definition) is 3. The van der Waals surface area contributed by atoms with Gasteiger partial charge in [0.15, 0.2) is 0 Å². The number of nitro groups is 1. The maximum atomic E-state index is 10.7. The van der Waals surface area contributed by atoms with E-state index >= 15 is 0 Å². The van der Waals surface area contributed by atoms with E-state index in [0.29, 0.717) is 24.1 Å². The summed E-state index contributed by atoms with van der Waals surface area (Å²) in [6.07, 6.45) is 3.96. The van der Waals surface area contributed by atoms with Crippen LogP contribution in [-0.2, 0) is 6.54 Å². The summed E-state index contributed by atoms with van der Waals surface area (Å²) in [5.74, 6) is 0.478. The fourth-order valence-electron chi connectivity index (χ4n) is 2.63. The average Bonchev–Trinajstić information content (AvgIpc) is 2.46. The highest BCUT2D eigenvalue weighted by atomic mass is 16.6. The summed E-state index contributed by atoms with van der Waals surface area (Å²) in [6.45, 7) is 0.667. The predicted molar refractivity (Wildman–Crippen MR) is 74.4 cm³/mol. The first-order valence-electron chi connectivity index (χ1n) is 6.90. The third-order valence-electron chi connectivity index (χ3n) is 3.96. The van der Waals surface area contributed by atoms with Crippen LogP contribution in [0.3, 0.4) is 0 Å². The molecule has 1 aliphatic rings. The number of benzene rings is 1. The summed E-state index contributed by atoms with van der Waals surface area (Å²) in [7, 11) is 0. The number of nitrogens with zero attached hydrogens (tertiary/aromatic N) is 1. The lowest BCUT2D eigenvalue weighted by Crippen LogP contribution is -2.33. The number of phenolic OH excluding ortho intramolecular Hbond substituents is 1. The zero-order valence-electron chi connectivity index (χ0n) is 11.3. The molecule has 3 N–H and O–H groups in total. The van der Waals surface area contributed by atoms with Gasteiger partial charge < -0.3 is 15.5 Å². The van der Waals surface area contributed by atoms with Crippen LogP contribution in [0.5, 0.6) is 5.75 Å². The van der Waals surface area contributed by atoms with E-state index in [-0.39, 0.29) is 18.0 Å². The van der Waals surface area contributed by atoms with E-state index in [1.807, 2.05) is 0 Å². The van der Waals surface area contributed by atoms with Crippen LogP contribution in [0.4, 0.5) is 5.69 Å². The minimum absolute atomic E-state index is 0.0106. The first-order chi connectivity index (χ1) is 9.60. The molecule has 1 aromatic rings. The van der Waals surface area contributed by atoms with E-state index in [1.165, 1.54) is 18.2 Å². The van der Waals surface area contributed by atoms with Crippen molar-refractivity contribution in [3.05, 3.63) is 33.9 Å². The van der Waals surface area contributed by atoms with Crippen molar-refractivity contribution in [2.45, 2.75) is 38.3 Å². The Hall–Kier alpha value is -1.66. The van der Waals surface area contributed by atoms with Crippen LogP contribution in [0, 0.1) is 16.0 Å². The van der Waals surface area contributed by atoms with Crippen LogP contribution >= 0.6 is 0 Å². The van der Waals surface area contributed by atoms with Gasteiger partial charge in [-0.1, -0.05) is 0 Å². The van der Waals surface area contributed by atoms with Crippen LogP contribution in [0.2, 0.25) is 0 Å². The zero-order chi connectivity index (χ0) is 14.5. The van der Waals surface area contributed by atoms with Crippen LogP contribution in [0.15, 0.2) is 18.2 Å². The van der Waals surface area contributed by atoms with Crippen LogP contribution in [0.1, 0.15) is 31.2 Å².